The lowest BCUT2D eigenvalue weighted by molar-refractivity contribution is -0.160. The third-order valence-electron chi connectivity index (χ3n) is 4.46. The average molecular weight is 317 g/mol. The zero-order valence-corrected chi connectivity index (χ0v) is 14.8. The van der Waals surface area contributed by atoms with Gasteiger partial charge in [0, 0.05) is 11.5 Å². The lowest BCUT2D eigenvalue weighted by Crippen LogP contribution is -2.35. The Balaban J connectivity index is 1.85. The van der Waals surface area contributed by atoms with Gasteiger partial charge < -0.3 is 4.74 Å². The number of ether oxygens (including phenoxy) is 1. The van der Waals surface area contributed by atoms with Crippen LogP contribution in [0, 0.1) is 17.8 Å². The molecule has 0 amide bonds. The summed E-state index contributed by atoms with van der Waals surface area (Å²) in [5.41, 5.74) is 0. The van der Waals surface area contributed by atoms with Crippen molar-refractivity contribution in [2.75, 3.05) is 11.5 Å². The first-order valence-corrected chi connectivity index (χ1v) is 9.89. The normalized spacial score (nSPS) is 23.1. The Kier molecular flexibility index (Phi) is 5.75. The quantitative estimate of drug-likeness (QED) is 0.709. The van der Waals surface area contributed by atoms with Gasteiger partial charge in [-0.1, -0.05) is 27.7 Å². The maximum Gasteiger partial charge on any atom is 0.309 e. The number of esters is 1. The molecule has 2 aliphatic rings. The van der Waals surface area contributed by atoms with Gasteiger partial charge in [-0.25, -0.2) is 0 Å². The van der Waals surface area contributed by atoms with E-state index in [1.807, 2.05) is 0 Å². The Bertz CT molecular complexity index is 317. The lowest BCUT2D eigenvalue weighted by Gasteiger charge is -2.35. The predicted molar refractivity (Wildman–Crippen MR) is 89.2 cm³/mol. The van der Waals surface area contributed by atoms with Gasteiger partial charge in [-0.3, -0.25) is 4.79 Å². The van der Waals surface area contributed by atoms with Crippen LogP contribution in [-0.4, -0.2) is 27.7 Å². The SMILES string of the molecule is CC(C)C(OC(=O)C1CCC2(CC1)SCCS2)C(C)C. The van der Waals surface area contributed by atoms with Gasteiger partial charge in [-0.2, -0.15) is 0 Å². The second-order valence-corrected chi connectivity index (χ2v) is 9.99. The van der Waals surface area contributed by atoms with Crippen LogP contribution >= 0.6 is 23.5 Å². The van der Waals surface area contributed by atoms with E-state index in [4.69, 9.17) is 4.74 Å². The van der Waals surface area contributed by atoms with Gasteiger partial charge in [0.2, 0.25) is 0 Å². The molecule has 0 aromatic rings. The fraction of sp³-hybridized carbons (Fsp3) is 0.938. The van der Waals surface area contributed by atoms with Crippen molar-refractivity contribution >= 4 is 29.5 Å². The van der Waals surface area contributed by atoms with Crippen molar-refractivity contribution in [3.63, 3.8) is 0 Å². The molecule has 20 heavy (non-hydrogen) atoms. The Morgan fingerprint density at radius 1 is 1.05 bits per heavy atom. The highest BCUT2D eigenvalue weighted by molar-refractivity contribution is 8.21. The molecule has 2 nitrogen and oxygen atoms in total. The largest absolute Gasteiger partial charge is 0.462 e. The molecule has 1 saturated carbocycles. The van der Waals surface area contributed by atoms with Crippen LogP contribution < -0.4 is 0 Å². The molecule has 0 aromatic carbocycles. The molecule has 116 valence electrons. The highest BCUT2D eigenvalue weighted by atomic mass is 32.2. The summed E-state index contributed by atoms with van der Waals surface area (Å²) in [5.74, 6) is 3.55. The summed E-state index contributed by atoms with van der Waals surface area (Å²) in [4.78, 5) is 12.4. The highest BCUT2D eigenvalue weighted by Gasteiger charge is 2.41. The molecule has 0 bridgehead atoms. The second-order valence-electron chi connectivity index (χ2n) is 6.77. The van der Waals surface area contributed by atoms with E-state index in [0.717, 1.165) is 12.8 Å². The van der Waals surface area contributed by atoms with E-state index in [2.05, 4.69) is 51.2 Å². The number of hydrogen-bond donors (Lipinski definition) is 0. The second kappa shape index (κ2) is 6.95. The van der Waals surface area contributed by atoms with Gasteiger partial charge in [0.05, 0.1) is 10.00 Å². The fourth-order valence-electron chi connectivity index (χ4n) is 3.35. The van der Waals surface area contributed by atoms with Crippen molar-refractivity contribution in [1.82, 2.24) is 0 Å². The molecule has 0 N–H and O–H groups in total. The highest BCUT2D eigenvalue weighted by Crippen LogP contribution is 2.53. The Hall–Kier alpha value is 0.170. The zero-order chi connectivity index (χ0) is 14.8. The first-order chi connectivity index (χ1) is 9.43. The van der Waals surface area contributed by atoms with Gasteiger partial charge in [-0.15, -0.1) is 23.5 Å². The van der Waals surface area contributed by atoms with Crippen LogP contribution in [0.15, 0.2) is 0 Å². The van der Waals surface area contributed by atoms with Crippen LogP contribution in [0.25, 0.3) is 0 Å². The van der Waals surface area contributed by atoms with Crippen molar-refractivity contribution in [3.8, 4) is 0 Å². The van der Waals surface area contributed by atoms with Gasteiger partial charge in [-0.05, 0) is 37.5 Å². The Labute approximate surface area is 132 Å². The van der Waals surface area contributed by atoms with Crippen molar-refractivity contribution in [2.24, 2.45) is 17.8 Å². The monoisotopic (exact) mass is 316 g/mol. The van der Waals surface area contributed by atoms with Crippen molar-refractivity contribution in [1.29, 1.82) is 0 Å². The van der Waals surface area contributed by atoms with Gasteiger partial charge in [0.15, 0.2) is 0 Å². The van der Waals surface area contributed by atoms with Gasteiger partial charge >= 0.3 is 5.97 Å². The number of rotatable bonds is 4. The summed E-state index contributed by atoms with van der Waals surface area (Å²) >= 11 is 4.23. The molecule has 0 radical (unpaired) electrons. The fourth-order valence-corrected chi connectivity index (χ4v) is 6.64. The first-order valence-electron chi connectivity index (χ1n) is 7.92. The zero-order valence-electron chi connectivity index (χ0n) is 13.2. The maximum absolute atomic E-state index is 12.4. The van der Waals surface area contributed by atoms with Crippen molar-refractivity contribution < 1.29 is 9.53 Å². The molecular formula is C16H28O2S2. The van der Waals surface area contributed by atoms with E-state index in [1.165, 1.54) is 24.3 Å². The summed E-state index contributed by atoms with van der Waals surface area (Å²) < 4.78 is 6.25. The Morgan fingerprint density at radius 3 is 2.00 bits per heavy atom. The molecule has 2 rings (SSSR count). The van der Waals surface area contributed by atoms with Crippen LogP contribution in [-0.2, 0) is 9.53 Å². The third-order valence-corrected chi connectivity index (χ3v) is 8.11. The van der Waals surface area contributed by atoms with E-state index in [0.29, 0.717) is 15.9 Å². The van der Waals surface area contributed by atoms with Crippen molar-refractivity contribution in [2.45, 2.75) is 63.6 Å². The molecule has 0 aromatic heterocycles. The first kappa shape index (κ1) is 16.5. The smallest absolute Gasteiger partial charge is 0.309 e. The van der Waals surface area contributed by atoms with Crippen LogP contribution in [0.2, 0.25) is 0 Å². The summed E-state index contributed by atoms with van der Waals surface area (Å²) in [6.45, 7) is 8.55. The molecule has 1 aliphatic heterocycles. The number of carbonyl (C=O) groups is 1. The maximum atomic E-state index is 12.4. The molecule has 1 heterocycles. The summed E-state index contributed by atoms with van der Waals surface area (Å²) in [7, 11) is 0. The van der Waals surface area contributed by atoms with Crippen LogP contribution in [0.5, 0.6) is 0 Å². The lowest BCUT2D eigenvalue weighted by atomic mass is 9.88. The van der Waals surface area contributed by atoms with E-state index in [-0.39, 0.29) is 18.0 Å². The third kappa shape index (κ3) is 3.88. The predicted octanol–water partition coefficient (Wildman–Crippen LogP) is 4.58. The summed E-state index contributed by atoms with van der Waals surface area (Å²) in [6, 6.07) is 0. The minimum atomic E-state index is 0.0558. The molecule has 1 spiro atoms. The van der Waals surface area contributed by atoms with Crippen molar-refractivity contribution in [3.05, 3.63) is 0 Å². The van der Waals surface area contributed by atoms with Gasteiger partial charge in [0.25, 0.3) is 0 Å². The minimum Gasteiger partial charge on any atom is -0.462 e. The molecule has 4 heteroatoms. The van der Waals surface area contributed by atoms with E-state index >= 15 is 0 Å². The topological polar surface area (TPSA) is 26.3 Å². The van der Waals surface area contributed by atoms with Crippen LogP contribution in [0.4, 0.5) is 0 Å². The minimum absolute atomic E-state index is 0.0558. The van der Waals surface area contributed by atoms with E-state index in [9.17, 15) is 4.79 Å². The summed E-state index contributed by atoms with van der Waals surface area (Å²) in [6.07, 6.45) is 4.45. The van der Waals surface area contributed by atoms with E-state index < -0.39 is 0 Å². The summed E-state index contributed by atoms with van der Waals surface area (Å²) in [5, 5.41) is 0. The Morgan fingerprint density at radius 2 is 1.55 bits per heavy atom. The molecular weight excluding hydrogens is 288 g/mol. The van der Waals surface area contributed by atoms with Gasteiger partial charge in [0.1, 0.15) is 6.10 Å². The number of thioether (sulfide) groups is 2. The molecule has 1 aliphatic carbocycles. The van der Waals surface area contributed by atoms with Crippen LogP contribution in [0.1, 0.15) is 53.4 Å². The average Bonchev–Trinajstić information content (AvgIpc) is 2.84. The number of carbonyl (C=O) groups excluding carboxylic acids is 1. The number of hydrogen-bond acceptors (Lipinski definition) is 4. The molecule has 2 fully saturated rings. The van der Waals surface area contributed by atoms with E-state index in [1.54, 1.807) is 0 Å². The molecule has 0 atom stereocenters. The standard InChI is InChI=1S/C16H28O2S2/c1-11(2)14(12(3)4)18-15(17)13-5-7-16(8-6-13)19-9-10-20-16/h11-14H,5-10H2,1-4H3. The van der Waals surface area contributed by atoms with Crippen LogP contribution in [0.3, 0.4) is 0 Å². The molecule has 1 saturated heterocycles. The molecule has 0 unspecified atom stereocenters.